The number of benzene rings is 1. The fourth-order valence-electron chi connectivity index (χ4n) is 2.79. The van der Waals surface area contributed by atoms with Crippen molar-refractivity contribution in [2.24, 2.45) is 5.92 Å². The SMILES string of the molecule is CNC(COCCC1CCC1)c1cc(C)cc(C)c1. The summed E-state index contributed by atoms with van der Waals surface area (Å²) in [6.45, 7) is 5.99. The lowest BCUT2D eigenvalue weighted by Gasteiger charge is -2.25. The van der Waals surface area contributed by atoms with E-state index in [2.05, 4.69) is 37.4 Å². The van der Waals surface area contributed by atoms with Gasteiger partial charge in [-0.2, -0.15) is 0 Å². The second-order valence-electron chi connectivity index (χ2n) is 5.92. The van der Waals surface area contributed by atoms with E-state index in [9.17, 15) is 0 Å². The lowest BCUT2D eigenvalue weighted by atomic mass is 9.83. The maximum atomic E-state index is 5.86. The van der Waals surface area contributed by atoms with Crippen molar-refractivity contribution in [3.63, 3.8) is 0 Å². The first-order valence-corrected chi connectivity index (χ1v) is 7.52. The number of rotatable bonds is 7. The number of hydrogen-bond acceptors (Lipinski definition) is 2. The molecule has 0 saturated heterocycles. The van der Waals surface area contributed by atoms with Crippen LogP contribution in [0.2, 0.25) is 0 Å². The minimum absolute atomic E-state index is 0.306. The van der Waals surface area contributed by atoms with Gasteiger partial charge in [-0.15, -0.1) is 0 Å². The Bertz CT molecular complexity index is 378. The Morgan fingerprint density at radius 3 is 2.42 bits per heavy atom. The van der Waals surface area contributed by atoms with Crippen molar-refractivity contribution in [3.8, 4) is 0 Å². The first-order valence-electron chi connectivity index (χ1n) is 7.52. The van der Waals surface area contributed by atoms with Gasteiger partial charge >= 0.3 is 0 Å². The van der Waals surface area contributed by atoms with Crippen LogP contribution < -0.4 is 5.32 Å². The standard InChI is InChI=1S/C17H27NO/c1-13-9-14(2)11-16(10-13)17(18-3)12-19-8-7-15-5-4-6-15/h9-11,15,17-18H,4-8,12H2,1-3H3. The fourth-order valence-corrected chi connectivity index (χ4v) is 2.79. The van der Waals surface area contributed by atoms with Gasteiger partial charge in [-0.05, 0) is 38.8 Å². The van der Waals surface area contributed by atoms with Crippen LogP contribution >= 0.6 is 0 Å². The third kappa shape index (κ3) is 4.32. The van der Waals surface area contributed by atoms with Crippen LogP contribution in [0.4, 0.5) is 0 Å². The molecule has 0 amide bonds. The number of aryl methyl sites for hydroxylation is 2. The Kier molecular flexibility index (Phi) is 5.41. The molecule has 1 aromatic carbocycles. The van der Waals surface area contributed by atoms with Crippen molar-refractivity contribution in [3.05, 3.63) is 34.9 Å². The zero-order chi connectivity index (χ0) is 13.7. The smallest absolute Gasteiger partial charge is 0.0661 e. The quantitative estimate of drug-likeness (QED) is 0.754. The molecular formula is C17H27NO. The highest BCUT2D eigenvalue weighted by Crippen LogP contribution is 2.29. The molecule has 1 saturated carbocycles. The highest BCUT2D eigenvalue weighted by molar-refractivity contribution is 5.30. The summed E-state index contributed by atoms with van der Waals surface area (Å²) in [4.78, 5) is 0. The van der Waals surface area contributed by atoms with Crippen LogP contribution in [-0.4, -0.2) is 20.3 Å². The first kappa shape index (κ1) is 14.5. The molecule has 0 aliphatic heterocycles. The molecule has 0 radical (unpaired) electrons. The van der Waals surface area contributed by atoms with Gasteiger partial charge in [0.25, 0.3) is 0 Å². The second-order valence-corrected chi connectivity index (χ2v) is 5.92. The minimum Gasteiger partial charge on any atom is -0.379 e. The van der Waals surface area contributed by atoms with E-state index in [1.54, 1.807) is 0 Å². The summed E-state index contributed by atoms with van der Waals surface area (Å²) in [5.41, 5.74) is 3.98. The van der Waals surface area contributed by atoms with Crippen LogP contribution in [0.25, 0.3) is 0 Å². The Morgan fingerprint density at radius 2 is 1.89 bits per heavy atom. The average Bonchev–Trinajstić information content (AvgIpc) is 2.30. The van der Waals surface area contributed by atoms with Gasteiger partial charge < -0.3 is 10.1 Å². The second kappa shape index (κ2) is 7.06. The molecule has 0 bridgehead atoms. The largest absolute Gasteiger partial charge is 0.379 e. The summed E-state index contributed by atoms with van der Waals surface area (Å²) < 4.78 is 5.86. The van der Waals surface area contributed by atoms with Crippen LogP contribution in [0, 0.1) is 19.8 Å². The fraction of sp³-hybridized carbons (Fsp3) is 0.647. The Morgan fingerprint density at radius 1 is 1.21 bits per heavy atom. The molecule has 0 heterocycles. The predicted octanol–water partition coefficient (Wildman–Crippen LogP) is 3.77. The van der Waals surface area contributed by atoms with E-state index in [0.29, 0.717) is 6.04 Å². The van der Waals surface area contributed by atoms with Crippen molar-refractivity contribution >= 4 is 0 Å². The van der Waals surface area contributed by atoms with Crippen LogP contribution in [0.15, 0.2) is 18.2 Å². The Labute approximate surface area is 117 Å². The average molecular weight is 261 g/mol. The maximum Gasteiger partial charge on any atom is 0.0661 e. The molecule has 1 aliphatic carbocycles. The zero-order valence-corrected chi connectivity index (χ0v) is 12.5. The Hall–Kier alpha value is -0.860. The van der Waals surface area contributed by atoms with Crippen molar-refractivity contribution < 1.29 is 4.74 Å². The lowest BCUT2D eigenvalue weighted by molar-refractivity contribution is 0.0904. The molecule has 1 aliphatic rings. The topological polar surface area (TPSA) is 21.3 Å². The molecule has 0 spiro atoms. The summed E-state index contributed by atoms with van der Waals surface area (Å²) in [6, 6.07) is 7.03. The van der Waals surface area contributed by atoms with E-state index in [1.807, 2.05) is 7.05 Å². The van der Waals surface area contributed by atoms with Crippen molar-refractivity contribution in [2.45, 2.75) is 45.6 Å². The van der Waals surface area contributed by atoms with E-state index in [4.69, 9.17) is 4.74 Å². The molecule has 1 aromatic rings. The molecule has 1 N–H and O–H groups in total. The zero-order valence-electron chi connectivity index (χ0n) is 12.5. The van der Waals surface area contributed by atoms with Crippen LogP contribution in [-0.2, 0) is 4.74 Å². The van der Waals surface area contributed by atoms with Crippen molar-refractivity contribution in [1.29, 1.82) is 0 Å². The lowest BCUT2D eigenvalue weighted by Crippen LogP contribution is -2.23. The van der Waals surface area contributed by atoms with Gasteiger partial charge in [-0.25, -0.2) is 0 Å². The third-order valence-electron chi connectivity index (χ3n) is 4.17. The third-order valence-corrected chi connectivity index (χ3v) is 4.17. The van der Waals surface area contributed by atoms with Gasteiger partial charge in [0, 0.05) is 6.61 Å². The van der Waals surface area contributed by atoms with Crippen LogP contribution in [0.5, 0.6) is 0 Å². The molecular weight excluding hydrogens is 234 g/mol. The van der Waals surface area contributed by atoms with Gasteiger partial charge in [0.1, 0.15) is 0 Å². The Balaban J connectivity index is 1.81. The number of ether oxygens (including phenoxy) is 1. The highest BCUT2D eigenvalue weighted by atomic mass is 16.5. The van der Waals surface area contributed by atoms with E-state index < -0.39 is 0 Å². The molecule has 1 atom stereocenters. The van der Waals surface area contributed by atoms with Gasteiger partial charge in [0.15, 0.2) is 0 Å². The monoisotopic (exact) mass is 261 g/mol. The van der Waals surface area contributed by atoms with E-state index in [-0.39, 0.29) is 0 Å². The maximum absolute atomic E-state index is 5.86. The summed E-state index contributed by atoms with van der Waals surface area (Å²) >= 11 is 0. The number of hydrogen-bond donors (Lipinski definition) is 1. The van der Waals surface area contributed by atoms with Crippen molar-refractivity contribution in [2.75, 3.05) is 20.3 Å². The molecule has 0 aromatic heterocycles. The first-order chi connectivity index (χ1) is 9.19. The van der Waals surface area contributed by atoms with Crippen LogP contribution in [0.3, 0.4) is 0 Å². The van der Waals surface area contributed by atoms with E-state index in [0.717, 1.165) is 19.1 Å². The molecule has 1 unspecified atom stereocenters. The van der Waals surface area contributed by atoms with Gasteiger partial charge in [0.05, 0.1) is 12.6 Å². The highest BCUT2D eigenvalue weighted by Gasteiger charge is 2.17. The molecule has 1 fully saturated rings. The van der Waals surface area contributed by atoms with Gasteiger partial charge in [-0.3, -0.25) is 0 Å². The molecule has 19 heavy (non-hydrogen) atoms. The molecule has 106 valence electrons. The number of likely N-dealkylation sites (N-methyl/N-ethyl adjacent to an activating group) is 1. The molecule has 2 heteroatoms. The summed E-state index contributed by atoms with van der Waals surface area (Å²) in [7, 11) is 2.01. The summed E-state index contributed by atoms with van der Waals surface area (Å²) in [5.74, 6) is 0.939. The van der Waals surface area contributed by atoms with E-state index in [1.165, 1.54) is 42.4 Å². The minimum atomic E-state index is 0.306. The predicted molar refractivity (Wildman–Crippen MR) is 80.5 cm³/mol. The van der Waals surface area contributed by atoms with Crippen molar-refractivity contribution in [1.82, 2.24) is 5.32 Å². The molecule has 2 rings (SSSR count). The normalized spacial score (nSPS) is 17.2. The summed E-state index contributed by atoms with van der Waals surface area (Å²) in [6.07, 6.45) is 5.49. The van der Waals surface area contributed by atoms with Gasteiger partial charge in [-0.1, -0.05) is 48.6 Å². The van der Waals surface area contributed by atoms with Crippen LogP contribution in [0.1, 0.15) is 48.4 Å². The molecule has 2 nitrogen and oxygen atoms in total. The van der Waals surface area contributed by atoms with Gasteiger partial charge in [0.2, 0.25) is 0 Å². The number of nitrogens with one attached hydrogen (secondary N) is 1. The van der Waals surface area contributed by atoms with E-state index >= 15 is 0 Å². The summed E-state index contributed by atoms with van der Waals surface area (Å²) in [5, 5.41) is 3.36.